The van der Waals surface area contributed by atoms with Crippen LogP contribution in [0.15, 0.2) is 18.2 Å². The second-order valence-electron chi connectivity index (χ2n) is 3.63. The molecule has 0 bridgehead atoms. The molecule has 0 aliphatic carbocycles. The minimum Gasteiger partial charge on any atom is -0.478 e. The molecule has 0 radical (unpaired) electrons. The lowest BCUT2D eigenvalue weighted by molar-refractivity contribution is -0.137. The Morgan fingerprint density at radius 3 is 2.75 bits per heavy atom. The fraction of sp³-hybridized carbons (Fsp3) is 0.273. The van der Waals surface area contributed by atoms with Gasteiger partial charge < -0.3 is 9.84 Å². The van der Waals surface area contributed by atoms with Crippen molar-refractivity contribution in [1.29, 1.82) is 0 Å². The maximum atomic E-state index is 11.5. The molecule has 1 heterocycles. The van der Waals surface area contributed by atoms with Gasteiger partial charge in [-0.1, -0.05) is 0 Å². The summed E-state index contributed by atoms with van der Waals surface area (Å²) in [5.74, 6) is -2.63. The van der Waals surface area contributed by atoms with Gasteiger partial charge >= 0.3 is 11.9 Å². The minimum atomic E-state index is -3.74. The number of carboxylic acid groups (broad SMARTS) is 1. The number of ether oxygens (including phenoxy) is 1. The van der Waals surface area contributed by atoms with E-state index in [9.17, 15) is 18.0 Å². The molecule has 0 aliphatic heterocycles. The Labute approximate surface area is 119 Å². The molecule has 1 aromatic heterocycles. The first-order chi connectivity index (χ1) is 9.32. The van der Waals surface area contributed by atoms with E-state index in [2.05, 4.69) is 9.46 Å². The van der Waals surface area contributed by atoms with E-state index in [0.29, 0.717) is 9.75 Å². The highest BCUT2D eigenvalue weighted by atomic mass is 32.2. The molecule has 0 saturated carbocycles. The van der Waals surface area contributed by atoms with Crippen LogP contribution in [0.1, 0.15) is 9.75 Å². The van der Waals surface area contributed by atoms with Gasteiger partial charge in [-0.05, 0) is 18.2 Å². The summed E-state index contributed by atoms with van der Waals surface area (Å²) in [6.07, 6.45) is 2.41. The fourth-order valence-electron chi connectivity index (χ4n) is 1.18. The van der Waals surface area contributed by atoms with Crippen molar-refractivity contribution in [1.82, 2.24) is 4.72 Å². The lowest BCUT2D eigenvalue weighted by Gasteiger charge is -2.03. The average Bonchev–Trinajstić information content (AvgIpc) is 2.81. The fourth-order valence-corrected chi connectivity index (χ4v) is 3.03. The van der Waals surface area contributed by atoms with Crippen molar-refractivity contribution in [2.24, 2.45) is 0 Å². The standard InChI is InChI=1S/C11H13NO6S2/c1-18-11(15)7-20(16,17)12-6-9-3-2-8(19-9)4-5-10(13)14/h2-5,12H,6-7H2,1H3,(H,13,14). The summed E-state index contributed by atoms with van der Waals surface area (Å²) in [6.45, 7) is 0.0326. The molecule has 110 valence electrons. The summed E-state index contributed by atoms with van der Waals surface area (Å²) in [5, 5.41) is 8.48. The van der Waals surface area contributed by atoms with E-state index in [1.54, 1.807) is 12.1 Å². The number of methoxy groups -OCH3 is 1. The topological polar surface area (TPSA) is 110 Å². The molecule has 0 aromatic carbocycles. The average molecular weight is 319 g/mol. The number of thiophene rings is 1. The maximum absolute atomic E-state index is 11.5. The normalized spacial score (nSPS) is 11.7. The SMILES string of the molecule is COC(=O)CS(=O)(=O)NCc1ccc(C=CC(=O)O)s1. The molecular formula is C11H13NO6S2. The Kier molecular flexibility index (Phi) is 5.86. The number of esters is 1. The van der Waals surface area contributed by atoms with Crippen LogP contribution in [0.4, 0.5) is 0 Å². The Bertz CT molecular complexity index is 617. The first kappa shape index (κ1) is 16.3. The summed E-state index contributed by atoms with van der Waals surface area (Å²) in [6, 6.07) is 3.35. The summed E-state index contributed by atoms with van der Waals surface area (Å²) < 4.78 is 29.5. The number of nitrogens with one attached hydrogen (secondary N) is 1. The van der Waals surface area contributed by atoms with Gasteiger partial charge in [-0.25, -0.2) is 17.9 Å². The van der Waals surface area contributed by atoms with Crippen LogP contribution in [0.2, 0.25) is 0 Å². The molecule has 1 aromatic rings. The first-order valence-corrected chi connectivity index (χ1v) is 7.83. The minimum absolute atomic E-state index is 0.0326. The van der Waals surface area contributed by atoms with Crippen molar-refractivity contribution >= 4 is 39.4 Å². The molecule has 2 N–H and O–H groups in total. The molecule has 20 heavy (non-hydrogen) atoms. The molecule has 1 rings (SSSR count). The number of sulfonamides is 1. The highest BCUT2D eigenvalue weighted by Crippen LogP contribution is 2.17. The molecule has 0 atom stereocenters. The third-order valence-electron chi connectivity index (χ3n) is 2.07. The third kappa shape index (κ3) is 5.95. The first-order valence-electron chi connectivity index (χ1n) is 5.36. The van der Waals surface area contributed by atoms with E-state index in [0.717, 1.165) is 13.2 Å². The third-order valence-corrected chi connectivity index (χ3v) is 4.32. The predicted octanol–water partition coefficient (Wildman–Crippen LogP) is 0.438. The quantitative estimate of drug-likeness (QED) is 0.557. The van der Waals surface area contributed by atoms with Gasteiger partial charge in [0.2, 0.25) is 10.0 Å². The monoisotopic (exact) mass is 319 g/mol. The zero-order chi connectivity index (χ0) is 15.2. The van der Waals surface area contributed by atoms with Crippen LogP contribution < -0.4 is 4.72 Å². The van der Waals surface area contributed by atoms with Crippen molar-refractivity contribution in [3.8, 4) is 0 Å². The number of carbonyl (C=O) groups is 2. The van der Waals surface area contributed by atoms with Crippen molar-refractivity contribution in [3.05, 3.63) is 28.0 Å². The molecule has 0 aliphatic rings. The van der Waals surface area contributed by atoms with Gasteiger partial charge in [-0.2, -0.15) is 0 Å². The van der Waals surface area contributed by atoms with Crippen LogP contribution in [0.25, 0.3) is 6.08 Å². The molecule has 0 unspecified atom stereocenters. The summed E-state index contributed by atoms with van der Waals surface area (Å²) in [4.78, 5) is 22.6. The van der Waals surface area contributed by atoms with Crippen LogP contribution in [-0.4, -0.2) is 38.3 Å². The van der Waals surface area contributed by atoms with Gasteiger partial charge in [-0.3, -0.25) is 4.79 Å². The van der Waals surface area contributed by atoms with E-state index in [-0.39, 0.29) is 6.54 Å². The lowest BCUT2D eigenvalue weighted by Crippen LogP contribution is -2.30. The number of rotatable bonds is 7. The zero-order valence-electron chi connectivity index (χ0n) is 10.5. The molecule has 9 heteroatoms. The van der Waals surface area contributed by atoms with E-state index >= 15 is 0 Å². The van der Waals surface area contributed by atoms with Crippen LogP contribution in [0.3, 0.4) is 0 Å². The smallest absolute Gasteiger partial charge is 0.328 e. The molecular weight excluding hydrogens is 306 g/mol. The van der Waals surface area contributed by atoms with Gasteiger partial charge in [0.1, 0.15) is 0 Å². The number of aliphatic carboxylic acids is 1. The number of hydrogen-bond donors (Lipinski definition) is 2. The summed E-state index contributed by atoms with van der Waals surface area (Å²) in [7, 11) is -2.63. The summed E-state index contributed by atoms with van der Waals surface area (Å²) in [5.41, 5.74) is 0. The van der Waals surface area contributed by atoms with Crippen molar-refractivity contribution in [3.63, 3.8) is 0 Å². The molecule has 0 fully saturated rings. The maximum Gasteiger partial charge on any atom is 0.328 e. The van der Waals surface area contributed by atoms with Crippen LogP contribution in [0, 0.1) is 0 Å². The van der Waals surface area contributed by atoms with Crippen molar-refractivity contribution in [2.75, 3.05) is 12.9 Å². The second kappa shape index (κ2) is 7.17. The largest absolute Gasteiger partial charge is 0.478 e. The van der Waals surface area contributed by atoms with Crippen LogP contribution in [-0.2, 0) is 30.9 Å². The molecule has 0 saturated heterocycles. The highest BCUT2D eigenvalue weighted by Gasteiger charge is 2.16. The van der Waals surface area contributed by atoms with E-state index in [1.807, 2.05) is 0 Å². The summed E-state index contributed by atoms with van der Waals surface area (Å²) >= 11 is 1.25. The van der Waals surface area contributed by atoms with E-state index < -0.39 is 27.7 Å². The second-order valence-corrected chi connectivity index (χ2v) is 6.64. The number of carbonyl (C=O) groups excluding carboxylic acids is 1. The van der Waals surface area contributed by atoms with Gasteiger partial charge in [0, 0.05) is 22.4 Å². The molecule has 7 nitrogen and oxygen atoms in total. The van der Waals surface area contributed by atoms with Crippen LogP contribution in [0.5, 0.6) is 0 Å². The Morgan fingerprint density at radius 2 is 2.15 bits per heavy atom. The van der Waals surface area contributed by atoms with Gasteiger partial charge in [0.15, 0.2) is 5.75 Å². The number of hydrogen-bond acceptors (Lipinski definition) is 6. The van der Waals surface area contributed by atoms with Crippen molar-refractivity contribution in [2.45, 2.75) is 6.54 Å². The van der Waals surface area contributed by atoms with Gasteiger partial charge in [0.25, 0.3) is 0 Å². The van der Waals surface area contributed by atoms with E-state index in [4.69, 9.17) is 5.11 Å². The Morgan fingerprint density at radius 1 is 1.45 bits per heavy atom. The Balaban J connectivity index is 2.58. The molecule has 0 spiro atoms. The van der Waals surface area contributed by atoms with Gasteiger partial charge in [0.05, 0.1) is 7.11 Å². The molecule has 0 amide bonds. The number of carboxylic acids is 1. The highest BCUT2D eigenvalue weighted by molar-refractivity contribution is 7.90. The van der Waals surface area contributed by atoms with Crippen molar-refractivity contribution < 1.29 is 27.9 Å². The predicted molar refractivity (Wildman–Crippen MR) is 73.6 cm³/mol. The Hall–Kier alpha value is -1.71. The van der Waals surface area contributed by atoms with E-state index in [1.165, 1.54) is 17.4 Å². The van der Waals surface area contributed by atoms with Crippen LogP contribution >= 0.6 is 11.3 Å². The zero-order valence-corrected chi connectivity index (χ0v) is 12.2. The lowest BCUT2D eigenvalue weighted by atomic mass is 10.4. The van der Waals surface area contributed by atoms with Gasteiger partial charge in [-0.15, -0.1) is 11.3 Å².